The van der Waals surface area contributed by atoms with Gasteiger partial charge in [0.25, 0.3) is 0 Å². The van der Waals surface area contributed by atoms with E-state index < -0.39 is 110 Å². The van der Waals surface area contributed by atoms with Gasteiger partial charge in [0.2, 0.25) is 0 Å². The summed E-state index contributed by atoms with van der Waals surface area (Å²) >= 11 is 0. The van der Waals surface area contributed by atoms with Gasteiger partial charge in [0, 0.05) is 19.9 Å². The van der Waals surface area contributed by atoms with E-state index in [-0.39, 0.29) is 17.1 Å². The Kier molecular flexibility index (Phi) is 13.8. The van der Waals surface area contributed by atoms with Gasteiger partial charge in [-0.3, -0.25) is 9.59 Å². The third kappa shape index (κ3) is 9.87. The van der Waals surface area contributed by atoms with E-state index in [0.29, 0.717) is 5.56 Å². The fraction of sp³-hybridized carbons (Fsp3) is 0.500. The van der Waals surface area contributed by atoms with Crippen LogP contribution in [0.5, 0.6) is 23.0 Å². The molecule has 2 aromatic carbocycles. The minimum Gasteiger partial charge on any atom is -0.504 e. The smallest absolute Gasteiger partial charge is 0.331 e. The summed E-state index contributed by atoms with van der Waals surface area (Å²) in [6.07, 6.45) is -14.8. The van der Waals surface area contributed by atoms with Crippen LogP contribution in [0.2, 0.25) is 0 Å². The molecule has 11 atom stereocenters. The molecular formula is C34H42O18. The van der Waals surface area contributed by atoms with Crippen LogP contribution in [0, 0.1) is 0 Å². The molecule has 2 aliphatic rings. The number of methoxy groups -OCH3 is 1. The molecule has 0 radical (unpaired) electrons. The van der Waals surface area contributed by atoms with E-state index in [2.05, 4.69) is 0 Å². The molecule has 286 valence electrons. The van der Waals surface area contributed by atoms with Crippen LogP contribution in [0.4, 0.5) is 0 Å². The predicted octanol–water partition coefficient (Wildman–Crippen LogP) is -0.0804. The number of carbonyl (C=O) groups is 3. The molecule has 2 saturated heterocycles. The number of aliphatic hydroxyl groups excluding tert-OH is 4. The van der Waals surface area contributed by atoms with Gasteiger partial charge in [0.1, 0.15) is 30.5 Å². The van der Waals surface area contributed by atoms with Gasteiger partial charge in [-0.15, -0.1) is 0 Å². The van der Waals surface area contributed by atoms with E-state index in [9.17, 15) is 50.1 Å². The molecule has 2 aliphatic heterocycles. The first-order chi connectivity index (χ1) is 24.6. The molecule has 4 rings (SSSR count). The van der Waals surface area contributed by atoms with E-state index in [1.807, 2.05) is 0 Å². The summed E-state index contributed by atoms with van der Waals surface area (Å²) < 4.78 is 44.3. The average molecular weight is 739 g/mol. The first kappa shape index (κ1) is 40.2. The Balaban J connectivity index is 1.61. The van der Waals surface area contributed by atoms with Crippen molar-refractivity contribution in [1.82, 2.24) is 0 Å². The molecular weight excluding hydrogens is 696 g/mol. The Morgan fingerprint density at radius 3 is 2.12 bits per heavy atom. The second-order valence-corrected chi connectivity index (χ2v) is 11.9. The molecule has 2 aromatic rings. The third-order valence-corrected chi connectivity index (χ3v) is 8.11. The van der Waals surface area contributed by atoms with Gasteiger partial charge >= 0.3 is 17.9 Å². The number of aromatic hydroxyl groups is 3. The number of esters is 3. The lowest BCUT2D eigenvalue weighted by molar-refractivity contribution is -0.359. The van der Waals surface area contributed by atoms with Crippen LogP contribution < -0.4 is 4.74 Å². The highest BCUT2D eigenvalue weighted by atomic mass is 16.7. The van der Waals surface area contributed by atoms with Gasteiger partial charge in [-0.05, 0) is 48.4 Å². The lowest BCUT2D eigenvalue weighted by Gasteiger charge is -2.47. The highest BCUT2D eigenvalue weighted by Gasteiger charge is 2.54. The summed E-state index contributed by atoms with van der Waals surface area (Å²) in [7, 11) is 1.34. The Bertz CT molecular complexity index is 1580. The van der Waals surface area contributed by atoms with Crippen molar-refractivity contribution < 1.29 is 88.0 Å². The van der Waals surface area contributed by atoms with Gasteiger partial charge < -0.3 is 73.6 Å². The van der Waals surface area contributed by atoms with Gasteiger partial charge in [-0.1, -0.05) is 12.1 Å². The topological polar surface area (TPSA) is 267 Å². The Hall–Kier alpha value is -4.53. The standard InChI is InChI=1S/C34H42O18/c1-15-29(48-16(2)36)31(49-17(3)37)28(44)34(47-15)52-32-27(43)33(46-14-23(41)19-7-9-20(38)22(40)12-19)50-25(13-35)30(32)51-26(42)10-6-18-5-8-21(39)24(11-18)45-4/h5-12,15,23,25,27-35,38-41,43-44H,13-14H2,1-4H3/b10-6+/t15-,23?,25+,27+,28+,29-,30+,31-,32+,33+,34-/m0/s1. The summed E-state index contributed by atoms with van der Waals surface area (Å²) in [5.74, 6) is -3.54. The molecule has 0 aromatic heterocycles. The van der Waals surface area contributed by atoms with Crippen LogP contribution in [0.15, 0.2) is 42.5 Å². The van der Waals surface area contributed by atoms with Gasteiger partial charge in [0.05, 0.1) is 26.4 Å². The quantitative estimate of drug-likeness (QED) is 0.0613. The highest BCUT2D eigenvalue weighted by molar-refractivity contribution is 5.87. The van der Waals surface area contributed by atoms with Crippen LogP contribution in [0.25, 0.3) is 6.08 Å². The molecule has 2 fully saturated rings. The molecule has 18 heteroatoms. The SMILES string of the molecule is COc1cc(/C=C/C(=O)O[C@H]2[C@H](O[C@@H]3O[C@@H](C)[C@H](OC(C)=O)[C@@H](OC(C)=O)[C@H]3O)[C@@H](O)[C@H](OCC(O)c3ccc(O)c(O)c3)O[C@@H]2CO)ccc1O. The molecule has 0 aliphatic carbocycles. The number of aliphatic hydroxyl groups is 4. The fourth-order valence-corrected chi connectivity index (χ4v) is 5.58. The second kappa shape index (κ2) is 17.8. The minimum atomic E-state index is -1.88. The normalized spacial score (nSPS) is 29.6. The van der Waals surface area contributed by atoms with Crippen molar-refractivity contribution in [3.63, 3.8) is 0 Å². The Morgan fingerprint density at radius 1 is 0.827 bits per heavy atom. The monoisotopic (exact) mass is 738 g/mol. The number of phenols is 3. The van der Waals surface area contributed by atoms with Crippen molar-refractivity contribution in [2.75, 3.05) is 20.3 Å². The number of phenolic OH excluding ortho intramolecular Hbond substituents is 3. The number of carbonyl (C=O) groups excluding carboxylic acids is 3. The van der Waals surface area contributed by atoms with Crippen molar-refractivity contribution in [2.24, 2.45) is 0 Å². The molecule has 1 unspecified atom stereocenters. The molecule has 2 heterocycles. The lowest BCUT2D eigenvalue weighted by atomic mass is 9.96. The summed E-state index contributed by atoms with van der Waals surface area (Å²) in [6, 6.07) is 7.81. The largest absolute Gasteiger partial charge is 0.504 e. The maximum absolute atomic E-state index is 13.1. The van der Waals surface area contributed by atoms with Gasteiger partial charge in [0.15, 0.2) is 53.9 Å². The van der Waals surface area contributed by atoms with E-state index in [4.69, 9.17) is 37.9 Å². The summed E-state index contributed by atoms with van der Waals surface area (Å²) in [5.41, 5.74) is 0.557. The fourth-order valence-electron chi connectivity index (χ4n) is 5.58. The van der Waals surface area contributed by atoms with E-state index >= 15 is 0 Å². The molecule has 0 spiro atoms. The predicted molar refractivity (Wildman–Crippen MR) is 172 cm³/mol. The van der Waals surface area contributed by atoms with Crippen LogP contribution in [0.1, 0.15) is 38.0 Å². The zero-order valence-corrected chi connectivity index (χ0v) is 28.5. The Morgan fingerprint density at radius 2 is 1.48 bits per heavy atom. The number of ether oxygens (including phenoxy) is 8. The van der Waals surface area contributed by atoms with E-state index in [1.54, 1.807) is 0 Å². The molecule has 0 amide bonds. The summed E-state index contributed by atoms with van der Waals surface area (Å²) in [5, 5.41) is 73.0. The zero-order valence-electron chi connectivity index (χ0n) is 28.5. The summed E-state index contributed by atoms with van der Waals surface area (Å²) in [6.45, 7) is 2.23. The minimum absolute atomic E-state index is 0.128. The number of rotatable bonds is 13. The number of hydrogen-bond donors (Lipinski definition) is 7. The van der Waals surface area contributed by atoms with Crippen molar-refractivity contribution in [2.45, 2.75) is 88.3 Å². The molecule has 7 N–H and O–H groups in total. The first-order valence-electron chi connectivity index (χ1n) is 16.0. The van der Waals surface area contributed by atoms with Crippen LogP contribution in [-0.4, -0.2) is 135 Å². The first-order valence-corrected chi connectivity index (χ1v) is 16.0. The molecule has 18 nitrogen and oxygen atoms in total. The number of benzene rings is 2. The Labute approximate surface area is 297 Å². The third-order valence-electron chi connectivity index (χ3n) is 8.11. The van der Waals surface area contributed by atoms with Crippen LogP contribution >= 0.6 is 0 Å². The van der Waals surface area contributed by atoms with Crippen molar-refractivity contribution >= 4 is 24.0 Å². The van der Waals surface area contributed by atoms with Crippen LogP contribution in [0.3, 0.4) is 0 Å². The molecule has 52 heavy (non-hydrogen) atoms. The maximum Gasteiger partial charge on any atom is 0.331 e. The van der Waals surface area contributed by atoms with Gasteiger partial charge in [-0.2, -0.15) is 0 Å². The van der Waals surface area contributed by atoms with Crippen molar-refractivity contribution in [3.8, 4) is 23.0 Å². The van der Waals surface area contributed by atoms with E-state index in [0.717, 1.165) is 32.1 Å². The maximum atomic E-state index is 13.1. The molecule has 0 saturated carbocycles. The van der Waals surface area contributed by atoms with Gasteiger partial charge in [-0.25, -0.2) is 4.79 Å². The van der Waals surface area contributed by atoms with Crippen LogP contribution in [-0.2, 0) is 47.5 Å². The zero-order chi connectivity index (χ0) is 38.3. The molecule has 0 bridgehead atoms. The van der Waals surface area contributed by atoms with Crippen molar-refractivity contribution in [1.29, 1.82) is 0 Å². The van der Waals surface area contributed by atoms with Crippen molar-refractivity contribution in [3.05, 3.63) is 53.6 Å². The highest BCUT2D eigenvalue weighted by Crippen LogP contribution is 2.34. The lowest BCUT2D eigenvalue weighted by Crippen LogP contribution is -2.65. The number of hydrogen-bond acceptors (Lipinski definition) is 18. The second-order valence-electron chi connectivity index (χ2n) is 11.9. The summed E-state index contributed by atoms with van der Waals surface area (Å²) in [4.78, 5) is 36.8. The van der Waals surface area contributed by atoms with E-state index in [1.165, 1.54) is 44.4 Å². The average Bonchev–Trinajstić information content (AvgIpc) is 3.09.